The van der Waals surface area contributed by atoms with Crippen molar-refractivity contribution in [2.45, 2.75) is 31.6 Å². The molecular weight excluding hydrogens is 462 g/mol. The number of nitrogens with zero attached hydrogens (tertiary/aromatic N) is 2. The van der Waals surface area contributed by atoms with Gasteiger partial charge in [0.15, 0.2) is 0 Å². The summed E-state index contributed by atoms with van der Waals surface area (Å²) in [6.07, 6.45) is 1.92. The molecule has 1 saturated heterocycles. The predicted octanol–water partition coefficient (Wildman–Crippen LogP) is 4.37. The van der Waals surface area contributed by atoms with Crippen molar-refractivity contribution in [3.63, 3.8) is 0 Å². The molecule has 1 heterocycles. The van der Waals surface area contributed by atoms with E-state index in [1.165, 1.54) is 12.1 Å². The number of carbonyl (C=O) groups excluding carboxylic acids is 2. The third kappa shape index (κ3) is 5.38. The molecule has 0 atom stereocenters. The molecular formula is C27H29N3O4S. The molecule has 1 aliphatic rings. The zero-order chi connectivity index (χ0) is 25.0. The number of anilines is 2. The number of likely N-dealkylation sites (tertiary alicyclic amines) is 1. The highest BCUT2D eigenvalue weighted by atomic mass is 32.2. The van der Waals surface area contributed by atoms with Gasteiger partial charge < -0.3 is 10.2 Å². The summed E-state index contributed by atoms with van der Waals surface area (Å²) in [4.78, 5) is 28.1. The van der Waals surface area contributed by atoms with Crippen LogP contribution in [0.5, 0.6) is 0 Å². The summed E-state index contributed by atoms with van der Waals surface area (Å²) in [7, 11) is -4.02. The number of para-hydroxylation sites is 1. The van der Waals surface area contributed by atoms with Gasteiger partial charge in [-0.15, -0.1) is 0 Å². The van der Waals surface area contributed by atoms with Gasteiger partial charge in [0.2, 0.25) is 5.91 Å². The van der Waals surface area contributed by atoms with Gasteiger partial charge in [0.05, 0.1) is 21.8 Å². The lowest BCUT2D eigenvalue weighted by atomic mass is 10.1. The van der Waals surface area contributed by atoms with Crippen LogP contribution < -0.4 is 9.62 Å². The maximum absolute atomic E-state index is 13.6. The van der Waals surface area contributed by atoms with Crippen LogP contribution in [-0.4, -0.2) is 44.8 Å². The van der Waals surface area contributed by atoms with Gasteiger partial charge in [0.25, 0.3) is 15.9 Å². The Morgan fingerprint density at radius 3 is 2.29 bits per heavy atom. The molecule has 0 unspecified atom stereocenters. The van der Waals surface area contributed by atoms with Gasteiger partial charge in [-0.3, -0.25) is 13.9 Å². The van der Waals surface area contributed by atoms with E-state index >= 15 is 0 Å². The topological polar surface area (TPSA) is 86.8 Å². The largest absolute Gasteiger partial charge is 0.339 e. The van der Waals surface area contributed by atoms with Crippen molar-refractivity contribution in [3.05, 3.63) is 89.5 Å². The molecule has 0 bridgehead atoms. The molecule has 0 radical (unpaired) electrons. The van der Waals surface area contributed by atoms with Crippen LogP contribution in [0, 0.1) is 13.8 Å². The van der Waals surface area contributed by atoms with Crippen LogP contribution in [0.1, 0.15) is 34.3 Å². The Labute approximate surface area is 206 Å². The highest BCUT2D eigenvalue weighted by Gasteiger charge is 2.29. The number of carbonyl (C=O) groups is 2. The summed E-state index contributed by atoms with van der Waals surface area (Å²) < 4.78 is 28.4. The molecule has 0 saturated carbocycles. The van der Waals surface area contributed by atoms with Crippen molar-refractivity contribution >= 4 is 33.2 Å². The lowest BCUT2D eigenvalue weighted by Crippen LogP contribution is -2.39. The molecule has 4 rings (SSSR count). The lowest BCUT2D eigenvalue weighted by molar-refractivity contribution is -0.114. The fourth-order valence-corrected chi connectivity index (χ4v) is 5.70. The molecule has 3 aromatic carbocycles. The maximum atomic E-state index is 13.6. The highest BCUT2D eigenvalue weighted by molar-refractivity contribution is 7.92. The Hall–Kier alpha value is -3.65. The summed E-state index contributed by atoms with van der Waals surface area (Å²) >= 11 is 0. The monoisotopic (exact) mass is 491 g/mol. The number of sulfonamides is 1. The van der Waals surface area contributed by atoms with E-state index in [9.17, 15) is 18.0 Å². The van der Waals surface area contributed by atoms with Crippen LogP contribution in [0.4, 0.5) is 11.4 Å². The third-order valence-corrected chi connectivity index (χ3v) is 7.85. The van der Waals surface area contributed by atoms with Gasteiger partial charge in [-0.25, -0.2) is 8.42 Å². The zero-order valence-electron chi connectivity index (χ0n) is 19.9. The number of hydrogen-bond acceptors (Lipinski definition) is 4. The second kappa shape index (κ2) is 10.3. The molecule has 7 nitrogen and oxygen atoms in total. The van der Waals surface area contributed by atoms with E-state index in [4.69, 9.17) is 0 Å². The van der Waals surface area contributed by atoms with Gasteiger partial charge in [0, 0.05) is 13.1 Å². The Morgan fingerprint density at radius 2 is 1.57 bits per heavy atom. The Balaban J connectivity index is 1.65. The number of rotatable bonds is 7. The Kier molecular flexibility index (Phi) is 7.21. The van der Waals surface area contributed by atoms with Crippen LogP contribution in [-0.2, 0) is 14.8 Å². The highest BCUT2D eigenvalue weighted by Crippen LogP contribution is 2.28. The number of nitrogens with one attached hydrogen (secondary N) is 1. The first-order chi connectivity index (χ1) is 16.8. The molecule has 8 heteroatoms. The summed E-state index contributed by atoms with van der Waals surface area (Å²) in [6.45, 7) is 4.63. The second-order valence-corrected chi connectivity index (χ2v) is 10.6. The minimum absolute atomic E-state index is 0.0957. The fraction of sp³-hybridized carbons (Fsp3) is 0.259. The van der Waals surface area contributed by atoms with Crippen molar-refractivity contribution in [2.24, 2.45) is 0 Å². The van der Waals surface area contributed by atoms with Gasteiger partial charge >= 0.3 is 0 Å². The molecule has 182 valence electrons. The average molecular weight is 492 g/mol. The Bertz CT molecular complexity index is 1330. The number of amides is 2. The van der Waals surface area contributed by atoms with E-state index in [2.05, 4.69) is 5.32 Å². The van der Waals surface area contributed by atoms with E-state index in [-0.39, 0.29) is 10.8 Å². The van der Waals surface area contributed by atoms with Crippen molar-refractivity contribution in [1.82, 2.24) is 4.90 Å². The normalized spacial score (nSPS) is 13.5. The number of hydrogen-bond donors (Lipinski definition) is 1. The molecule has 0 aliphatic carbocycles. The maximum Gasteiger partial charge on any atom is 0.264 e. The minimum Gasteiger partial charge on any atom is -0.339 e. The number of aryl methyl sites for hydroxylation is 2. The van der Waals surface area contributed by atoms with Gasteiger partial charge in [-0.05, 0) is 68.1 Å². The SMILES string of the molecule is Cc1ccc(C)c(N(CC(=O)Nc2ccccc2C(=O)N2CCCC2)S(=O)(=O)c2ccccc2)c1. The van der Waals surface area contributed by atoms with E-state index in [1.54, 1.807) is 53.4 Å². The molecule has 0 aromatic heterocycles. The molecule has 35 heavy (non-hydrogen) atoms. The van der Waals surface area contributed by atoms with Crippen LogP contribution in [0.3, 0.4) is 0 Å². The van der Waals surface area contributed by atoms with E-state index in [0.29, 0.717) is 30.0 Å². The van der Waals surface area contributed by atoms with Crippen LogP contribution >= 0.6 is 0 Å². The predicted molar refractivity (Wildman–Crippen MR) is 137 cm³/mol. The smallest absolute Gasteiger partial charge is 0.264 e. The van der Waals surface area contributed by atoms with Crippen molar-refractivity contribution in [2.75, 3.05) is 29.3 Å². The quantitative estimate of drug-likeness (QED) is 0.532. The zero-order valence-corrected chi connectivity index (χ0v) is 20.7. The first-order valence-electron chi connectivity index (χ1n) is 11.6. The van der Waals surface area contributed by atoms with Crippen LogP contribution in [0.2, 0.25) is 0 Å². The molecule has 3 aromatic rings. The van der Waals surface area contributed by atoms with Crippen molar-refractivity contribution in [3.8, 4) is 0 Å². The second-order valence-electron chi connectivity index (χ2n) is 8.71. The molecule has 0 spiro atoms. The molecule has 1 aliphatic heterocycles. The first-order valence-corrected chi connectivity index (χ1v) is 13.0. The summed E-state index contributed by atoms with van der Waals surface area (Å²) in [6, 6.07) is 20.4. The fourth-order valence-electron chi connectivity index (χ4n) is 4.20. The molecule has 2 amide bonds. The third-order valence-electron chi connectivity index (χ3n) is 6.08. The minimum atomic E-state index is -4.02. The van der Waals surface area contributed by atoms with Crippen molar-refractivity contribution < 1.29 is 18.0 Å². The standard InChI is InChI=1S/C27H29N3O4S/c1-20-14-15-21(2)25(18-20)30(35(33,34)22-10-4-3-5-11-22)19-26(31)28-24-13-7-6-12-23(24)27(32)29-16-8-9-17-29/h3-7,10-15,18H,8-9,16-17,19H2,1-2H3,(H,28,31). The van der Waals surface area contributed by atoms with Gasteiger partial charge in [-0.1, -0.05) is 42.5 Å². The van der Waals surface area contributed by atoms with Crippen molar-refractivity contribution in [1.29, 1.82) is 0 Å². The van der Waals surface area contributed by atoms with Crippen LogP contribution in [0.25, 0.3) is 0 Å². The summed E-state index contributed by atoms with van der Waals surface area (Å²) in [5, 5.41) is 2.78. The first kappa shape index (κ1) is 24.5. The Morgan fingerprint density at radius 1 is 0.914 bits per heavy atom. The van der Waals surface area contributed by atoms with Crippen LogP contribution in [0.15, 0.2) is 77.7 Å². The molecule has 1 N–H and O–H groups in total. The summed E-state index contributed by atoms with van der Waals surface area (Å²) in [5.74, 6) is -0.672. The molecule has 1 fully saturated rings. The van der Waals surface area contributed by atoms with E-state index in [0.717, 1.165) is 28.3 Å². The number of benzene rings is 3. The summed E-state index contributed by atoms with van der Waals surface area (Å²) in [5.41, 5.74) is 2.80. The van der Waals surface area contributed by atoms with Gasteiger partial charge in [0.1, 0.15) is 6.54 Å². The lowest BCUT2D eigenvalue weighted by Gasteiger charge is -2.26. The van der Waals surface area contributed by atoms with E-state index in [1.807, 2.05) is 26.0 Å². The average Bonchev–Trinajstić information content (AvgIpc) is 3.40. The van der Waals surface area contributed by atoms with Gasteiger partial charge in [-0.2, -0.15) is 0 Å². The van der Waals surface area contributed by atoms with E-state index < -0.39 is 22.5 Å².